The molecule has 0 aliphatic heterocycles. The third kappa shape index (κ3) is 5.43. The Labute approximate surface area is 117 Å². The third-order valence-electron chi connectivity index (χ3n) is 3.43. The van der Waals surface area contributed by atoms with E-state index in [1.807, 2.05) is 0 Å². The van der Waals surface area contributed by atoms with E-state index in [-0.39, 0.29) is 5.84 Å². The number of benzene rings is 1. The van der Waals surface area contributed by atoms with E-state index in [0.717, 1.165) is 13.1 Å². The molecule has 0 spiro atoms. The molecule has 0 aromatic heterocycles. The van der Waals surface area contributed by atoms with Gasteiger partial charge in [-0.25, -0.2) is 0 Å². The van der Waals surface area contributed by atoms with E-state index >= 15 is 0 Å². The zero-order chi connectivity index (χ0) is 14.4. The molecule has 3 N–H and O–H groups in total. The SMILES string of the molecule is CC(C)c1ccc(CN(CCC(=N)N)C(C)C)cc1. The molecule has 0 fully saturated rings. The fraction of sp³-hybridized carbons (Fsp3) is 0.562. The van der Waals surface area contributed by atoms with Crippen molar-refractivity contribution in [1.82, 2.24) is 4.90 Å². The third-order valence-corrected chi connectivity index (χ3v) is 3.43. The summed E-state index contributed by atoms with van der Waals surface area (Å²) in [5, 5.41) is 7.33. The largest absolute Gasteiger partial charge is 0.388 e. The number of nitrogens with zero attached hydrogens (tertiary/aromatic N) is 1. The van der Waals surface area contributed by atoms with Crippen molar-refractivity contribution in [3.8, 4) is 0 Å². The molecule has 1 aromatic rings. The molecule has 0 heterocycles. The first-order valence-electron chi connectivity index (χ1n) is 7.06. The summed E-state index contributed by atoms with van der Waals surface area (Å²) >= 11 is 0. The van der Waals surface area contributed by atoms with Crippen LogP contribution >= 0.6 is 0 Å². The Hall–Kier alpha value is -1.35. The lowest BCUT2D eigenvalue weighted by Gasteiger charge is -2.26. The second-order valence-corrected chi connectivity index (χ2v) is 5.74. The minimum absolute atomic E-state index is 0.265. The van der Waals surface area contributed by atoms with E-state index < -0.39 is 0 Å². The Morgan fingerprint density at radius 1 is 1.16 bits per heavy atom. The van der Waals surface area contributed by atoms with Crippen LogP contribution in [-0.2, 0) is 6.54 Å². The zero-order valence-electron chi connectivity index (χ0n) is 12.6. The average Bonchev–Trinajstić information content (AvgIpc) is 2.34. The van der Waals surface area contributed by atoms with Gasteiger partial charge in [0.2, 0.25) is 0 Å². The van der Waals surface area contributed by atoms with E-state index in [0.29, 0.717) is 18.4 Å². The molecule has 0 aliphatic carbocycles. The standard InChI is InChI=1S/C16H27N3/c1-12(2)15-7-5-14(6-8-15)11-19(13(3)4)10-9-16(17)18/h5-8,12-13H,9-11H2,1-4H3,(H3,17,18). The minimum atomic E-state index is 0.265. The average molecular weight is 261 g/mol. The number of nitrogens with two attached hydrogens (primary N) is 1. The monoisotopic (exact) mass is 261 g/mol. The molecule has 0 aliphatic rings. The molecule has 106 valence electrons. The van der Waals surface area contributed by atoms with E-state index in [9.17, 15) is 0 Å². The van der Waals surface area contributed by atoms with Gasteiger partial charge in [0, 0.05) is 25.6 Å². The van der Waals surface area contributed by atoms with Gasteiger partial charge in [0.15, 0.2) is 0 Å². The van der Waals surface area contributed by atoms with Crippen molar-refractivity contribution in [2.24, 2.45) is 5.73 Å². The van der Waals surface area contributed by atoms with Gasteiger partial charge in [-0.2, -0.15) is 0 Å². The molecule has 1 rings (SSSR count). The first kappa shape index (κ1) is 15.7. The zero-order valence-corrected chi connectivity index (χ0v) is 12.6. The van der Waals surface area contributed by atoms with Crippen LogP contribution in [0.4, 0.5) is 0 Å². The summed E-state index contributed by atoms with van der Waals surface area (Å²) in [7, 11) is 0. The normalized spacial score (nSPS) is 11.5. The summed E-state index contributed by atoms with van der Waals surface area (Å²) in [6.45, 7) is 10.6. The van der Waals surface area contributed by atoms with Gasteiger partial charge in [-0.05, 0) is 30.9 Å². The molecule has 0 bridgehead atoms. The molecule has 3 nitrogen and oxygen atoms in total. The van der Waals surface area contributed by atoms with Gasteiger partial charge in [0.25, 0.3) is 0 Å². The molecule has 0 saturated carbocycles. The van der Waals surface area contributed by atoms with Crippen molar-refractivity contribution in [2.45, 2.75) is 52.6 Å². The van der Waals surface area contributed by atoms with Crippen LogP contribution in [0.1, 0.15) is 51.2 Å². The molecule has 0 amide bonds. The molecule has 0 saturated heterocycles. The van der Waals surface area contributed by atoms with Crippen molar-refractivity contribution in [3.05, 3.63) is 35.4 Å². The summed E-state index contributed by atoms with van der Waals surface area (Å²) < 4.78 is 0. The van der Waals surface area contributed by atoms with Crippen molar-refractivity contribution in [2.75, 3.05) is 6.54 Å². The number of rotatable bonds is 7. The highest BCUT2D eigenvalue weighted by atomic mass is 15.1. The lowest BCUT2D eigenvalue weighted by atomic mass is 10.0. The molecule has 0 radical (unpaired) electrons. The Balaban J connectivity index is 2.65. The summed E-state index contributed by atoms with van der Waals surface area (Å²) in [4.78, 5) is 2.35. The summed E-state index contributed by atoms with van der Waals surface area (Å²) in [5.41, 5.74) is 8.14. The van der Waals surface area contributed by atoms with Gasteiger partial charge in [-0.15, -0.1) is 0 Å². The van der Waals surface area contributed by atoms with Gasteiger partial charge in [-0.3, -0.25) is 10.3 Å². The highest BCUT2D eigenvalue weighted by molar-refractivity contribution is 5.76. The predicted molar refractivity (Wildman–Crippen MR) is 82.6 cm³/mol. The maximum Gasteiger partial charge on any atom is 0.0918 e. The van der Waals surface area contributed by atoms with Gasteiger partial charge in [0.05, 0.1) is 5.84 Å². The van der Waals surface area contributed by atoms with Gasteiger partial charge < -0.3 is 5.73 Å². The molecule has 0 unspecified atom stereocenters. The van der Waals surface area contributed by atoms with Crippen LogP contribution in [0, 0.1) is 5.41 Å². The van der Waals surface area contributed by atoms with Crippen LogP contribution in [0.15, 0.2) is 24.3 Å². The fourth-order valence-corrected chi connectivity index (χ4v) is 2.03. The Bertz CT molecular complexity index is 393. The van der Waals surface area contributed by atoms with Crippen LogP contribution in [-0.4, -0.2) is 23.3 Å². The summed E-state index contributed by atoms with van der Waals surface area (Å²) in [5.74, 6) is 0.841. The van der Waals surface area contributed by atoms with Crippen LogP contribution < -0.4 is 5.73 Å². The van der Waals surface area contributed by atoms with Crippen LogP contribution in [0.25, 0.3) is 0 Å². The van der Waals surface area contributed by atoms with Crippen molar-refractivity contribution in [3.63, 3.8) is 0 Å². The Morgan fingerprint density at radius 3 is 2.16 bits per heavy atom. The van der Waals surface area contributed by atoms with Crippen molar-refractivity contribution < 1.29 is 0 Å². The van der Waals surface area contributed by atoms with Crippen LogP contribution in [0.5, 0.6) is 0 Å². The van der Waals surface area contributed by atoms with E-state index in [1.165, 1.54) is 11.1 Å². The predicted octanol–water partition coefficient (Wildman–Crippen LogP) is 3.35. The molecule has 0 atom stereocenters. The quantitative estimate of drug-likeness (QED) is 0.584. The molecule has 19 heavy (non-hydrogen) atoms. The van der Waals surface area contributed by atoms with Gasteiger partial charge >= 0.3 is 0 Å². The summed E-state index contributed by atoms with van der Waals surface area (Å²) in [6, 6.07) is 9.30. The first-order valence-corrected chi connectivity index (χ1v) is 7.06. The Kier molecular flexibility index (Phi) is 6.03. The molecular formula is C16H27N3. The van der Waals surface area contributed by atoms with Gasteiger partial charge in [-0.1, -0.05) is 38.1 Å². The highest BCUT2D eigenvalue weighted by Crippen LogP contribution is 2.16. The Morgan fingerprint density at radius 2 is 1.74 bits per heavy atom. The maximum atomic E-state index is 7.33. The first-order chi connectivity index (χ1) is 8.90. The van der Waals surface area contributed by atoms with Crippen molar-refractivity contribution >= 4 is 5.84 Å². The highest BCUT2D eigenvalue weighted by Gasteiger charge is 2.10. The molecular weight excluding hydrogens is 234 g/mol. The number of amidine groups is 1. The topological polar surface area (TPSA) is 53.1 Å². The van der Waals surface area contributed by atoms with Gasteiger partial charge in [0.1, 0.15) is 0 Å². The number of nitrogens with one attached hydrogen (secondary N) is 1. The van der Waals surface area contributed by atoms with Crippen molar-refractivity contribution in [1.29, 1.82) is 5.41 Å². The van der Waals surface area contributed by atoms with E-state index in [2.05, 4.69) is 56.9 Å². The lowest BCUT2D eigenvalue weighted by molar-refractivity contribution is 0.219. The maximum absolute atomic E-state index is 7.33. The number of hydrogen-bond donors (Lipinski definition) is 2. The number of hydrogen-bond acceptors (Lipinski definition) is 2. The summed E-state index contributed by atoms with van der Waals surface area (Å²) in [6.07, 6.45) is 0.641. The second kappa shape index (κ2) is 7.29. The van der Waals surface area contributed by atoms with E-state index in [1.54, 1.807) is 0 Å². The van der Waals surface area contributed by atoms with E-state index in [4.69, 9.17) is 11.1 Å². The lowest BCUT2D eigenvalue weighted by Crippen LogP contribution is -2.33. The van der Waals surface area contributed by atoms with Crippen LogP contribution in [0.2, 0.25) is 0 Å². The second-order valence-electron chi connectivity index (χ2n) is 5.74. The van der Waals surface area contributed by atoms with Crippen LogP contribution in [0.3, 0.4) is 0 Å². The minimum Gasteiger partial charge on any atom is -0.388 e. The smallest absolute Gasteiger partial charge is 0.0918 e. The molecule has 3 heteroatoms. The fourth-order valence-electron chi connectivity index (χ4n) is 2.03. The molecule has 1 aromatic carbocycles.